The molecule has 0 saturated heterocycles. The van der Waals surface area contributed by atoms with Crippen LogP contribution in [-0.4, -0.2) is 18.8 Å². The minimum atomic E-state index is -0.989. The van der Waals surface area contributed by atoms with Crippen LogP contribution in [0.2, 0.25) is 0 Å². The van der Waals surface area contributed by atoms with Crippen LogP contribution in [0.3, 0.4) is 0 Å². The maximum atomic E-state index is 13.0. The van der Waals surface area contributed by atoms with Crippen molar-refractivity contribution in [1.29, 1.82) is 5.26 Å². The van der Waals surface area contributed by atoms with Crippen molar-refractivity contribution in [3.63, 3.8) is 0 Å². The summed E-state index contributed by atoms with van der Waals surface area (Å²) in [6.07, 6.45) is 7.65. The summed E-state index contributed by atoms with van der Waals surface area (Å²) in [4.78, 5) is 0. The van der Waals surface area contributed by atoms with E-state index in [0.717, 1.165) is 0 Å². The molecule has 0 amide bonds. The molecule has 2 nitrogen and oxygen atoms in total. The highest BCUT2D eigenvalue weighted by atomic mass is 32.3. The third-order valence-electron chi connectivity index (χ3n) is 1.59. The largest absolute Gasteiger partial charge is 0.387 e. The van der Waals surface area contributed by atoms with E-state index in [-0.39, 0.29) is 0 Å². The average Bonchev–Trinajstić information content (AvgIpc) is 2.17. The maximum Gasteiger partial charge on any atom is 0.292 e. The van der Waals surface area contributed by atoms with Crippen LogP contribution in [0.4, 0.5) is 4.39 Å². The Morgan fingerprint density at radius 2 is 2.00 bits per heavy atom. The zero-order valence-corrected chi connectivity index (χ0v) is 10.2. The molecule has 0 heterocycles. The van der Waals surface area contributed by atoms with Gasteiger partial charge in [0.25, 0.3) is 6.26 Å². The molecule has 16 heavy (non-hydrogen) atoms. The molecular formula is C12H12FNOS. The van der Waals surface area contributed by atoms with Crippen LogP contribution in [0.15, 0.2) is 18.2 Å². The van der Waals surface area contributed by atoms with Gasteiger partial charge in [-0.05, 0) is 42.2 Å². The van der Waals surface area contributed by atoms with Crippen LogP contribution in [0, 0.1) is 28.5 Å². The van der Waals surface area contributed by atoms with Gasteiger partial charge in [-0.2, -0.15) is 10.0 Å². The summed E-state index contributed by atoms with van der Waals surface area (Å²) < 4.78 is 17.7. The van der Waals surface area contributed by atoms with E-state index in [1.165, 1.54) is 18.2 Å². The van der Waals surface area contributed by atoms with Crippen LogP contribution in [-0.2, 0) is 0 Å². The van der Waals surface area contributed by atoms with E-state index in [4.69, 9.17) is 10.00 Å². The molecule has 0 radical (unpaired) electrons. The van der Waals surface area contributed by atoms with Crippen molar-refractivity contribution in [2.45, 2.75) is 0 Å². The van der Waals surface area contributed by atoms with E-state index in [1.54, 1.807) is 6.26 Å². The maximum absolute atomic E-state index is 13.0. The zero-order valence-electron chi connectivity index (χ0n) is 9.37. The van der Waals surface area contributed by atoms with Crippen molar-refractivity contribution < 1.29 is 9.13 Å². The molecule has 4 heteroatoms. The summed E-state index contributed by atoms with van der Waals surface area (Å²) >= 11 is 0. The van der Waals surface area contributed by atoms with Gasteiger partial charge in [0.15, 0.2) is 5.75 Å². The van der Waals surface area contributed by atoms with Gasteiger partial charge in [0, 0.05) is 0 Å². The second-order valence-electron chi connectivity index (χ2n) is 3.90. The molecular weight excluding hydrogens is 225 g/mol. The summed E-state index contributed by atoms with van der Waals surface area (Å²) in [5.41, 5.74) is 0.406. The first-order chi connectivity index (χ1) is 7.42. The Morgan fingerprint density at radius 3 is 2.56 bits per heavy atom. The third-order valence-corrected chi connectivity index (χ3v) is 2.30. The number of ether oxygens (including phenoxy) is 1. The van der Waals surface area contributed by atoms with Crippen LogP contribution in [0.5, 0.6) is 5.75 Å². The Labute approximate surface area is 96.4 Å². The Kier molecular flexibility index (Phi) is 3.82. The van der Waals surface area contributed by atoms with E-state index < -0.39 is 15.8 Å². The lowest BCUT2D eigenvalue weighted by molar-refractivity contribution is 0.503. The number of halogens is 1. The van der Waals surface area contributed by atoms with Gasteiger partial charge in [-0.25, -0.2) is 4.39 Å². The summed E-state index contributed by atoms with van der Waals surface area (Å²) in [6, 6.07) is 3.91. The van der Waals surface area contributed by atoms with Crippen molar-refractivity contribution in [2.75, 3.05) is 18.8 Å². The first-order valence-corrected chi connectivity index (χ1v) is 7.35. The molecule has 0 fully saturated rings. The Hall–Kier alpha value is -1.65. The molecule has 0 bridgehead atoms. The van der Waals surface area contributed by atoms with E-state index in [2.05, 4.69) is 11.2 Å². The minimum absolute atomic E-state index is 0.292. The highest BCUT2D eigenvalue weighted by Crippen LogP contribution is 2.32. The van der Waals surface area contributed by atoms with Crippen molar-refractivity contribution in [3.05, 3.63) is 29.6 Å². The van der Waals surface area contributed by atoms with Crippen molar-refractivity contribution in [2.24, 2.45) is 0 Å². The lowest BCUT2D eigenvalue weighted by Crippen LogP contribution is -1.90. The van der Waals surface area contributed by atoms with Gasteiger partial charge in [0.05, 0.1) is 5.56 Å². The summed E-state index contributed by atoms with van der Waals surface area (Å²) in [6.45, 7) is 0. The van der Waals surface area contributed by atoms with Gasteiger partial charge in [0.1, 0.15) is 5.82 Å². The third kappa shape index (κ3) is 3.84. The molecule has 0 saturated carbocycles. The van der Waals surface area contributed by atoms with Gasteiger partial charge < -0.3 is 4.74 Å². The Morgan fingerprint density at radius 1 is 1.31 bits per heavy atom. The van der Waals surface area contributed by atoms with E-state index in [0.29, 0.717) is 11.3 Å². The predicted octanol–water partition coefficient (Wildman–Crippen LogP) is 2.69. The fraction of sp³-hybridized carbons (Fsp3) is 0.250. The van der Waals surface area contributed by atoms with Gasteiger partial charge in [-0.15, -0.1) is 5.26 Å². The fourth-order valence-electron chi connectivity index (χ4n) is 0.946. The first-order valence-electron chi connectivity index (χ1n) is 4.49. The molecule has 0 aromatic heterocycles. The van der Waals surface area contributed by atoms with Crippen LogP contribution in [0.25, 0.3) is 0 Å². The standard InChI is InChI=1S/C12H12FNOS/c1-16(2,3)7-6-10-8-11(13)4-5-12(10)15-9-14/h4-5,8H,1-3H3. The van der Waals surface area contributed by atoms with Crippen molar-refractivity contribution in [3.8, 4) is 23.2 Å². The van der Waals surface area contributed by atoms with E-state index >= 15 is 0 Å². The number of benzene rings is 1. The molecule has 0 atom stereocenters. The Bertz CT molecular complexity index is 488. The lowest BCUT2D eigenvalue weighted by atomic mass is 10.2. The molecule has 84 valence electrons. The zero-order chi connectivity index (χ0) is 12.2. The number of rotatable bonds is 1. The normalized spacial score (nSPS) is 10.9. The smallest absolute Gasteiger partial charge is 0.292 e. The fourth-order valence-corrected chi connectivity index (χ4v) is 1.36. The summed E-state index contributed by atoms with van der Waals surface area (Å²) in [5, 5.41) is 11.5. The molecule has 1 aromatic carbocycles. The summed E-state index contributed by atoms with van der Waals surface area (Å²) in [7, 11) is -0.989. The first kappa shape index (κ1) is 12.4. The second-order valence-corrected chi connectivity index (χ2v) is 7.78. The number of nitrogens with zero attached hydrogens (tertiary/aromatic N) is 1. The van der Waals surface area contributed by atoms with Crippen LogP contribution < -0.4 is 4.74 Å². The quantitative estimate of drug-likeness (QED) is 0.555. The molecule has 0 aliphatic rings. The van der Waals surface area contributed by atoms with Gasteiger partial charge >= 0.3 is 0 Å². The van der Waals surface area contributed by atoms with Crippen LogP contribution in [0.1, 0.15) is 5.56 Å². The molecule has 0 spiro atoms. The summed E-state index contributed by atoms with van der Waals surface area (Å²) in [5.74, 6) is 2.75. The van der Waals surface area contributed by atoms with Crippen molar-refractivity contribution >= 4 is 10.0 Å². The van der Waals surface area contributed by atoms with Crippen LogP contribution >= 0.6 is 10.0 Å². The predicted molar refractivity (Wildman–Crippen MR) is 64.9 cm³/mol. The van der Waals surface area contributed by atoms with Crippen molar-refractivity contribution in [1.82, 2.24) is 0 Å². The van der Waals surface area contributed by atoms with Gasteiger partial charge in [0.2, 0.25) is 0 Å². The second kappa shape index (κ2) is 4.92. The molecule has 0 aliphatic carbocycles. The molecule has 0 aliphatic heterocycles. The van der Waals surface area contributed by atoms with Gasteiger partial charge in [-0.1, -0.05) is 5.92 Å². The number of hydrogen-bond donors (Lipinski definition) is 0. The Balaban J connectivity index is 3.15. The number of hydrogen-bond acceptors (Lipinski definition) is 2. The number of nitriles is 1. The average molecular weight is 237 g/mol. The molecule has 1 aromatic rings. The highest BCUT2D eigenvalue weighted by Gasteiger charge is 2.04. The minimum Gasteiger partial charge on any atom is -0.387 e. The monoisotopic (exact) mass is 237 g/mol. The SMILES string of the molecule is CS(C)(C)C#Cc1cc(F)ccc1OC#N. The molecule has 0 unspecified atom stereocenters. The van der Waals surface area contributed by atoms with E-state index in [1.807, 2.05) is 18.8 Å². The molecule has 1 rings (SSSR count). The molecule has 0 N–H and O–H groups in total. The van der Waals surface area contributed by atoms with E-state index in [9.17, 15) is 4.39 Å². The van der Waals surface area contributed by atoms with Gasteiger partial charge in [-0.3, -0.25) is 0 Å². The topological polar surface area (TPSA) is 33.0 Å². The lowest BCUT2D eigenvalue weighted by Gasteiger charge is -2.14. The highest BCUT2D eigenvalue weighted by molar-refractivity contribution is 8.35.